The van der Waals surface area contributed by atoms with Gasteiger partial charge in [-0.15, -0.1) is 0 Å². The summed E-state index contributed by atoms with van der Waals surface area (Å²) in [6, 6.07) is 3.49. The molecule has 0 amide bonds. The number of halogens is 2. The van der Waals surface area contributed by atoms with Gasteiger partial charge in [-0.25, -0.2) is 4.39 Å². The van der Waals surface area contributed by atoms with Crippen LogP contribution in [-0.2, 0) is 0 Å². The smallest absolute Gasteiger partial charge is 0.139 e. The van der Waals surface area contributed by atoms with Gasteiger partial charge in [-0.2, -0.15) is 0 Å². The number of hydrogen-bond acceptors (Lipinski definition) is 2. The summed E-state index contributed by atoms with van der Waals surface area (Å²) in [5.74, 6) is 0.355. The number of anilines is 2. The molecule has 2 rings (SSSR count). The molecule has 1 aromatic carbocycles. The van der Waals surface area contributed by atoms with Gasteiger partial charge in [-0.1, -0.05) is 13.3 Å². The van der Waals surface area contributed by atoms with Crippen LogP contribution in [0.1, 0.15) is 26.2 Å². The van der Waals surface area contributed by atoms with Crippen LogP contribution in [0.15, 0.2) is 16.6 Å². The molecule has 0 heterocycles. The predicted octanol–water partition coefficient (Wildman–Crippen LogP) is 3.77. The van der Waals surface area contributed by atoms with Gasteiger partial charge in [0.1, 0.15) is 5.82 Å². The van der Waals surface area contributed by atoms with E-state index in [0.29, 0.717) is 27.8 Å². The summed E-state index contributed by atoms with van der Waals surface area (Å²) >= 11 is 3.12. The van der Waals surface area contributed by atoms with Gasteiger partial charge in [0.05, 0.1) is 15.8 Å². The molecule has 2 atom stereocenters. The molecule has 4 heteroatoms. The molecule has 16 heavy (non-hydrogen) atoms. The molecule has 0 aliphatic heterocycles. The van der Waals surface area contributed by atoms with Gasteiger partial charge in [0.2, 0.25) is 0 Å². The second kappa shape index (κ2) is 4.62. The Balaban J connectivity index is 2.18. The minimum atomic E-state index is -0.276. The minimum absolute atomic E-state index is 0.276. The Morgan fingerprint density at radius 3 is 2.81 bits per heavy atom. The maximum Gasteiger partial charge on any atom is 0.139 e. The Kier molecular flexibility index (Phi) is 3.38. The molecule has 88 valence electrons. The van der Waals surface area contributed by atoms with E-state index >= 15 is 0 Å². The van der Waals surface area contributed by atoms with Crippen LogP contribution in [0.2, 0.25) is 0 Å². The Morgan fingerprint density at radius 1 is 1.44 bits per heavy atom. The van der Waals surface area contributed by atoms with Crippen LogP contribution in [0, 0.1) is 11.7 Å². The summed E-state index contributed by atoms with van der Waals surface area (Å²) in [5, 5.41) is 3.34. The SMILES string of the molecule is CC1CCCC1Nc1cc(F)c(Br)cc1N. The fourth-order valence-corrected chi connectivity index (χ4v) is 2.61. The van der Waals surface area contributed by atoms with Crippen molar-refractivity contribution in [1.82, 2.24) is 0 Å². The molecule has 0 bridgehead atoms. The molecule has 0 radical (unpaired) electrons. The van der Waals surface area contributed by atoms with Crippen LogP contribution >= 0.6 is 15.9 Å². The number of nitrogens with one attached hydrogen (secondary N) is 1. The average Bonchev–Trinajstić information content (AvgIpc) is 2.61. The Morgan fingerprint density at radius 2 is 2.19 bits per heavy atom. The van der Waals surface area contributed by atoms with Crippen LogP contribution < -0.4 is 11.1 Å². The third-order valence-electron chi connectivity index (χ3n) is 3.29. The highest BCUT2D eigenvalue weighted by atomic mass is 79.9. The highest BCUT2D eigenvalue weighted by Crippen LogP contribution is 2.32. The maximum atomic E-state index is 13.4. The lowest BCUT2D eigenvalue weighted by Crippen LogP contribution is -2.22. The Labute approximate surface area is 104 Å². The fourth-order valence-electron chi connectivity index (χ4n) is 2.25. The minimum Gasteiger partial charge on any atom is -0.397 e. The van der Waals surface area contributed by atoms with Gasteiger partial charge < -0.3 is 11.1 Å². The lowest BCUT2D eigenvalue weighted by Gasteiger charge is -2.20. The molecule has 1 aliphatic carbocycles. The molecule has 2 unspecified atom stereocenters. The number of hydrogen-bond donors (Lipinski definition) is 2. The van der Waals surface area contributed by atoms with E-state index in [4.69, 9.17) is 5.73 Å². The first-order valence-corrected chi connectivity index (χ1v) is 6.38. The van der Waals surface area contributed by atoms with Crippen LogP contribution in [0.3, 0.4) is 0 Å². The third-order valence-corrected chi connectivity index (χ3v) is 3.90. The van der Waals surface area contributed by atoms with E-state index in [9.17, 15) is 4.39 Å². The Bertz CT molecular complexity index is 395. The molecule has 1 fully saturated rings. The molecule has 0 aromatic heterocycles. The fraction of sp³-hybridized carbons (Fsp3) is 0.500. The van der Waals surface area contributed by atoms with Crippen molar-refractivity contribution in [3.63, 3.8) is 0 Å². The first-order valence-electron chi connectivity index (χ1n) is 5.59. The summed E-state index contributed by atoms with van der Waals surface area (Å²) in [6.45, 7) is 2.22. The maximum absolute atomic E-state index is 13.4. The molecule has 1 saturated carbocycles. The number of nitrogens with two attached hydrogens (primary N) is 1. The quantitative estimate of drug-likeness (QED) is 0.812. The van der Waals surface area contributed by atoms with Crippen LogP contribution in [-0.4, -0.2) is 6.04 Å². The van der Waals surface area contributed by atoms with E-state index in [1.165, 1.54) is 18.9 Å². The van der Waals surface area contributed by atoms with Crippen LogP contribution in [0.5, 0.6) is 0 Å². The molecule has 2 nitrogen and oxygen atoms in total. The van der Waals surface area contributed by atoms with Crippen molar-refractivity contribution in [1.29, 1.82) is 0 Å². The standard InChI is InChI=1S/C12H16BrFN2/c1-7-3-2-4-11(7)16-12-6-9(14)8(13)5-10(12)15/h5-7,11,16H,2-4,15H2,1H3. The summed E-state index contributed by atoms with van der Waals surface area (Å²) in [4.78, 5) is 0. The van der Waals surface area contributed by atoms with Gasteiger partial charge in [0, 0.05) is 12.1 Å². The monoisotopic (exact) mass is 286 g/mol. The van der Waals surface area contributed by atoms with Gasteiger partial charge >= 0.3 is 0 Å². The number of rotatable bonds is 2. The van der Waals surface area contributed by atoms with Crippen LogP contribution in [0.25, 0.3) is 0 Å². The predicted molar refractivity (Wildman–Crippen MR) is 68.9 cm³/mol. The van der Waals surface area contributed by atoms with Crippen molar-refractivity contribution >= 4 is 27.3 Å². The molecular weight excluding hydrogens is 271 g/mol. The summed E-state index contributed by atoms with van der Waals surface area (Å²) in [7, 11) is 0. The van der Waals surface area contributed by atoms with E-state index in [2.05, 4.69) is 28.2 Å². The van der Waals surface area contributed by atoms with E-state index in [1.807, 2.05) is 0 Å². The van der Waals surface area contributed by atoms with Crippen molar-refractivity contribution in [2.75, 3.05) is 11.1 Å². The number of nitrogen functional groups attached to an aromatic ring is 1. The molecule has 1 aromatic rings. The molecule has 0 spiro atoms. The lowest BCUT2D eigenvalue weighted by atomic mass is 10.1. The Hall–Kier alpha value is -0.770. The van der Waals surface area contributed by atoms with Crippen molar-refractivity contribution < 1.29 is 4.39 Å². The van der Waals surface area contributed by atoms with E-state index in [0.717, 1.165) is 6.42 Å². The van der Waals surface area contributed by atoms with E-state index < -0.39 is 0 Å². The van der Waals surface area contributed by atoms with Crippen molar-refractivity contribution in [2.45, 2.75) is 32.2 Å². The summed E-state index contributed by atoms with van der Waals surface area (Å²) < 4.78 is 13.8. The van der Waals surface area contributed by atoms with Gasteiger partial charge in [0.15, 0.2) is 0 Å². The lowest BCUT2D eigenvalue weighted by molar-refractivity contribution is 0.555. The number of benzene rings is 1. The molecule has 0 saturated heterocycles. The first-order chi connectivity index (χ1) is 7.58. The van der Waals surface area contributed by atoms with Crippen molar-refractivity contribution in [3.8, 4) is 0 Å². The average molecular weight is 287 g/mol. The van der Waals surface area contributed by atoms with Gasteiger partial charge in [-0.05, 0) is 40.8 Å². The summed E-state index contributed by atoms with van der Waals surface area (Å²) in [5.41, 5.74) is 7.15. The van der Waals surface area contributed by atoms with Crippen LogP contribution in [0.4, 0.5) is 15.8 Å². The largest absolute Gasteiger partial charge is 0.397 e. The zero-order chi connectivity index (χ0) is 11.7. The topological polar surface area (TPSA) is 38.0 Å². The van der Waals surface area contributed by atoms with Crippen molar-refractivity contribution in [3.05, 3.63) is 22.4 Å². The molecule has 3 N–H and O–H groups in total. The first kappa shape index (κ1) is 11.7. The zero-order valence-corrected chi connectivity index (χ0v) is 10.8. The van der Waals surface area contributed by atoms with E-state index in [-0.39, 0.29) is 5.82 Å². The van der Waals surface area contributed by atoms with Gasteiger partial charge in [0.25, 0.3) is 0 Å². The normalized spacial score (nSPS) is 24.7. The zero-order valence-electron chi connectivity index (χ0n) is 9.26. The molecular formula is C12H16BrFN2. The molecule has 1 aliphatic rings. The highest BCUT2D eigenvalue weighted by molar-refractivity contribution is 9.10. The highest BCUT2D eigenvalue weighted by Gasteiger charge is 2.23. The van der Waals surface area contributed by atoms with E-state index in [1.54, 1.807) is 6.07 Å². The second-order valence-corrected chi connectivity index (χ2v) is 5.37. The van der Waals surface area contributed by atoms with Gasteiger partial charge in [-0.3, -0.25) is 0 Å². The third kappa shape index (κ3) is 2.32. The second-order valence-electron chi connectivity index (χ2n) is 4.51. The van der Waals surface area contributed by atoms with Crippen molar-refractivity contribution in [2.24, 2.45) is 5.92 Å². The summed E-state index contributed by atoms with van der Waals surface area (Å²) in [6.07, 6.45) is 3.60.